The van der Waals surface area contributed by atoms with Crippen molar-refractivity contribution in [1.29, 1.82) is 0 Å². The Kier molecular flexibility index (Phi) is 5.00. The second-order valence-corrected chi connectivity index (χ2v) is 6.84. The second-order valence-electron chi connectivity index (χ2n) is 6.84. The van der Waals surface area contributed by atoms with Crippen LogP contribution in [-0.4, -0.2) is 17.3 Å². The van der Waals surface area contributed by atoms with Crippen LogP contribution in [0.25, 0.3) is 21.9 Å². The number of ether oxygens (including phenoxy) is 1. The first-order valence-corrected chi connectivity index (χ1v) is 8.46. The van der Waals surface area contributed by atoms with Gasteiger partial charge in [0.25, 0.3) is 0 Å². The molecule has 0 unspecified atom stereocenters. The predicted octanol–water partition coefficient (Wildman–Crippen LogP) is 4.58. The molecule has 0 saturated carbocycles. The van der Waals surface area contributed by atoms with E-state index in [2.05, 4.69) is 0 Å². The lowest BCUT2D eigenvalue weighted by molar-refractivity contribution is 0.133. The topological polar surface area (TPSA) is 72.8 Å². The van der Waals surface area contributed by atoms with Gasteiger partial charge in [-0.05, 0) is 51.5 Å². The lowest BCUT2D eigenvalue weighted by atomic mass is 10.1. The van der Waals surface area contributed by atoms with Crippen LogP contribution in [-0.2, 0) is 0 Å². The molecule has 0 saturated heterocycles. The van der Waals surface area contributed by atoms with Crippen molar-refractivity contribution >= 4 is 21.9 Å². The number of benzene rings is 1. The van der Waals surface area contributed by atoms with Crippen LogP contribution in [0.4, 0.5) is 0 Å². The van der Waals surface area contributed by atoms with Gasteiger partial charge in [0.15, 0.2) is 11.2 Å². The zero-order chi connectivity index (χ0) is 18.7. The summed E-state index contributed by atoms with van der Waals surface area (Å²) in [7, 11) is 0. The van der Waals surface area contributed by atoms with Gasteiger partial charge in [0.1, 0.15) is 6.61 Å². The van der Waals surface area contributed by atoms with E-state index in [4.69, 9.17) is 13.6 Å². The van der Waals surface area contributed by atoms with Gasteiger partial charge in [0, 0.05) is 16.8 Å². The van der Waals surface area contributed by atoms with Gasteiger partial charge < -0.3 is 18.7 Å². The minimum atomic E-state index is -0.817. The zero-order valence-electron chi connectivity index (χ0n) is 15.1. The number of furan rings is 1. The van der Waals surface area contributed by atoms with Crippen LogP contribution >= 0.6 is 0 Å². The number of aliphatic hydroxyl groups is 1. The lowest BCUT2D eigenvalue weighted by Crippen LogP contribution is -2.13. The minimum Gasteiger partial charge on any atom is -0.482 e. The number of rotatable bonds is 6. The van der Waals surface area contributed by atoms with Crippen LogP contribution < -0.4 is 10.4 Å². The Morgan fingerprint density at radius 3 is 2.77 bits per heavy atom. The fourth-order valence-electron chi connectivity index (χ4n) is 2.62. The van der Waals surface area contributed by atoms with Crippen LogP contribution in [0.15, 0.2) is 68.0 Å². The molecule has 0 amide bonds. The van der Waals surface area contributed by atoms with Gasteiger partial charge in [-0.2, -0.15) is 0 Å². The Morgan fingerprint density at radius 2 is 2.00 bits per heavy atom. The molecular weight excluding hydrogens is 332 g/mol. The van der Waals surface area contributed by atoms with E-state index in [9.17, 15) is 9.90 Å². The minimum absolute atomic E-state index is 0.315. The van der Waals surface area contributed by atoms with E-state index < -0.39 is 11.2 Å². The number of hydrogen-bond acceptors (Lipinski definition) is 5. The van der Waals surface area contributed by atoms with Gasteiger partial charge in [0.05, 0.1) is 11.9 Å². The summed E-state index contributed by atoms with van der Waals surface area (Å²) in [6.45, 7) is 5.77. The van der Waals surface area contributed by atoms with E-state index in [1.807, 2.05) is 31.2 Å². The van der Waals surface area contributed by atoms with Gasteiger partial charge in [-0.15, -0.1) is 0 Å². The molecular formula is C21H22O5. The first kappa shape index (κ1) is 18.0. The molecule has 136 valence electrons. The Balaban J connectivity index is 1.82. The molecule has 26 heavy (non-hydrogen) atoms. The fraction of sp³-hybridized carbons (Fsp3) is 0.286. The molecule has 1 aromatic carbocycles. The molecule has 0 aliphatic rings. The highest BCUT2D eigenvalue weighted by Gasteiger charge is 2.14. The van der Waals surface area contributed by atoms with Crippen LogP contribution in [0, 0.1) is 0 Å². The first-order chi connectivity index (χ1) is 12.3. The number of fused-ring (bicyclic) bond motifs is 2. The zero-order valence-corrected chi connectivity index (χ0v) is 15.1. The van der Waals surface area contributed by atoms with Crippen molar-refractivity contribution in [2.75, 3.05) is 6.61 Å². The Morgan fingerprint density at radius 1 is 1.23 bits per heavy atom. The molecule has 0 fully saturated rings. The highest BCUT2D eigenvalue weighted by molar-refractivity contribution is 5.99. The van der Waals surface area contributed by atoms with Crippen LogP contribution in [0.2, 0.25) is 0 Å². The monoisotopic (exact) mass is 354 g/mol. The molecule has 2 heterocycles. The highest BCUT2D eigenvalue weighted by Crippen LogP contribution is 2.34. The van der Waals surface area contributed by atoms with E-state index in [1.165, 1.54) is 6.07 Å². The molecule has 0 aliphatic heterocycles. The summed E-state index contributed by atoms with van der Waals surface area (Å²) in [5.74, 6) is 0.427. The Labute approximate surface area is 151 Å². The van der Waals surface area contributed by atoms with E-state index >= 15 is 0 Å². The van der Waals surface area contributed by atoms with E-state index in [0.29, 0.717) is 29.9 Å². The van der Waals surface area contributed by atoms with Crippen molar-refractivity contribution in [3.63, 3.8) is 0 Å². The highest BCUT2D eigenvalue weighted by atomic mass is 16.5. The molecule has 0 aliphatic carbocycles. The molecule has 5 nitrogen and oxygen atoms in total. The maximum Gasteiger partial charge on any atom is 0.336 e. The van der Waals surface area contributed by atoms with Gasteiger partial charge >= 0.3 is 5.63 Å². The van der Waals surface area contributed by atoms with Gasteiger partial charge in [0.2, 0.25) is 5.75 Å². The molecule has 5 heteroatoms. The van der Waals surface area contributed by atoms with E-state index in [-0.39, 0.29) is 0 Å². The second kappa shape index (κ2) is 7.22. The summed E-state index contributed by atoms with van der Waals surface area (Å²) in [6.07, 6.45) is 7.93. The third-order valence-electron chi connectivity index (χ3n) is 3.91. The fourth-order valence-corrected chi connectivity index (χ4v) is 2.62. The maximum atomic E-state index is 11.6. The first-order valence-electron chi connectivity index (χ1n) is 8.46. The van der Waals surface area contributed by atoms with E-state index in [1.54, 1.807) is 32.3 Å². The molecule has 1 N–H and O–H groups in total. The van der Waals surface area contributed by atoms with Crippen LogP contribution in [0.1, 0.15) is 27.2 Å². The standard InChI is InChI=1S/C21H22O5/c1-14(5-4-10-21(2,3)23)8-11-25-20-18-16(9-12-24-18)13-15-6-7-17(22)26-19(15)20/h4,6-10,12-13,23H,5,11H2,1-3H3/b10-4+,14-8+. The summed E-state index contributed by atoms with van der Waals surface area (Å²) in [4.78, 5) is 11.6. The third-order valence-corrected chi connectivity index (χ3v) is 3.91. The molecule has 0 radical (unpaired) electrons. The third kappa shape index (κ3) is 4.24. The van der Waals surface area contributed by atoms with Gasteiger partial charge in [-0.1, -0.05) is 17.7 Å². The summed E-state index contributed by atoms with van der Waals surface area (Å²) in [6, 6.07) is 6.84. The SMILES string of the molecule is C/C(=C\COc1c2occc2cc2ccc(=O)oc12)C/C=C/C(C)(C)O. The quantitative estimate of drug-likeness (QED) is 0.518. The van der Waals surface area contributed by atoms with Crippen LogP contribution in [0.3, 0.4) is 0 Å². The van der Waals surface area contributed by atoms with Crippen molar-refractivity contribution < 1.29 is 18.7 Å². The van der Waals surface area contributed by atoms with Crippen molar-refractivity contribution in [3.05, 3.63) is 64.7 Å². The molecule has 2 aromatic heterocycles. The smallest absolute Gasteiger partial charge is 0.336 e. The van der Waals surface area contributed by atoms with Crippen molar-refractivity contribution in [2.45, 2.75) is 32.8 Å². The lowest BCUT2D eigenvalue weighted by Gasteiger charge is -2.10. The number of allylic oxidation sites excluding steroid dienone is 2. The molecule has 0 spiro atoms. The summed E-state index contributed by atoms with van der Waals surface area (Å²) in [5, 5.41) is 11.3. The summed E-state index contributed by atoms with van der Waals surface area (Å²) >= 11 is 0. The van der Waals surface area contributed by atoms with Gasteiger partial charge in [-0.25, -0.2) is 4.79 Å². The maximum absolute atomic E-state index is 11.6. The Hall–Kier alpha value is -2.79. The predicted molar refractivity (Wildman–Crippen MR) is 102 cm³/mol. The summed E-state index contributed by atoms with van der Waals surface area (Å²) in [5.41, 5.74) is 0.787. The molecule has 0 atom stereocenters. The average Bonchev–Trinajstić information content (AvgIpc) is 3.01. The Bertz CT molecular complexity index is 1030. The number of hydrogen-bond donors (Lipinski definition) is 1. The normalized spacial score (nSPS) is 13.2. The van der Waals surface area contributed by atoms with Crippen LogP contribution in [0.5, 0.6) is 5.75 Å². The molecule has 3 rings (SSSR count). The summed E-state index contributed by atoms with van der Waals surface area (Å²) < 4.78 is 16.7. The largest absolute Gasteiger partial charge is 0.482 e. The van der Waals surface area contributed by atoms with Gasteiger partial charge in [-0.3, -0.25) is 0 Å². The molecule has 3 aromatic rings. The average molecular weight is 354 g/mol. The van der Waals surface area contributed by atoms with Crippen molar-refractivity contribution in [2.24, 2.45) is 0 Å². The molecule has 0 bridgehead atoms. The van der Waals surface area contributed by atoms with E-state index in [0.717, 1.165) is 16.3 Å². The van der Waals surface area contributed by atoms with Crippen molar-refractivity contribution in [3.8, 4) is 5.75 Å². The van der Waals surface area contributed by atoms with Crippen molar-refractivity contribution in [1.82, 2.24) is 0 Å².